The van der Waals surface area contributed by atoms with E-state index in [4.69, 9.17) is 11.6 Å². The molecule has 2 N–H and O–H groups in total. The van der Waals surface area contributed by atoms with Crippen molar-refractivity contribution < 1.29 is 32.3 Å². The van der Waals surface area contributed by atoms with E-state index in [2.05, 4.69) is 20.0 Å². The molecule has 0 aliphatic carbocycles. The Balaban J connectivity index is 3.18. The summed E-state index contributed by atoms with van der Waals surface area (Å²) in [5.41, 5.74) is -3.67. The lowest BCUT2D eigenvalue weighted by Gasteiger charge is -2.31. The molecule has 0 saturated heterocycles. The number of nitrogens with zero attached hydrogens (tertiary/aromatic N) is 1. The lowest BCUT2D eigenvalue weighted by atomic mass is 10.2. The van der Waals surface area contributed by atoms with Gasteiger partial charge in [-0.25, -0.2) is 9.59 Å². The van der Waals surface area contributed by atoms with Gasteiger partial charge in [0.25, 0.3) is 0 Å². The number of carbonyl (C=O) groups excluding carboxylic acids is 2. The summed E-state index contributed by atoms with van der Waals surface area (Å²) in [5.74, 6) is -1.88. The predicted octanol–water partition coefficient (Wildman–Crippen LogP) is 4.00. The highest BCUT2D eigenvalue weighted by atomic mass is 35.5. The second kappa shape index (κ2) is 10.0. The molecule has 1 atom stereocenters. The van der Waals surface area contributed by atoms with Gasteiger partial charge in [0, 0.05) is 12.1 Å². The van der Waals surface area contributed by atoms with Crippen LogP contribution in [0.4, 0.5) is 23.7 Å². The molecule has 0 aliphatic rings. The molecule has 0 heterocycles. The summed E-state index contributed by atoms with van der Waals surface area (Å²) in [6, 6.07) is 6.29. The number of para-hydroxylation sites is 1. The number of carbonyl (C=O) groups is 2. The number of nitrogens with one attached hydrogen (secondary N) is 2. The van der Waals surface area contributed by atoms with Gasteiger partial charge in [-0.1, -0.05) is 41.9 Å². The van der Waals surface area contributed by atoms with Gasteiger partial charge in [0.1, 0.15) is 5.17 Å². The lowest BCUT2D eigenvalue weighted by Crippen LogP contribution is -2.66. The first-order valence-electron chi connectivity index (χ1n) is 7.95. The SMILES string of the molecule is CCC/C(Cl)=N/OC(NC(=O)Nc1ccccc1)(C(=O)OCC)C(F)(F)F. The van der Waals surface area contributed by atoms with Crippen molar-refractivity contribution in [2.75, 3.05) is 11.9 Å². The van der Waals surface area contributed by atoms with E-state index < -0.39 is 23.9 Å². The number of halogens is 4. The van der Waals surface area contributed by atoms with Gasteiger partial charge in [-0.05, 0) is 25.5 Å². The molecule has 0 radical (unpaired) electrons. The van der Waals surface area contributed by atoms with Crippen LogP contribution in [0, 0.1) is 0 Å². The molecular formula is C16H19ClF3N3O4. The van der Waals surface area contributed by atoms with E-state index >= 15 is 0 Å². The summed E-state index contributed by atoms with van der Waals surface area (Å²) in [4.78, 5) is 28.5. The Morgan fingerprint density at radius 2 is 1.81 bits per heavy atom. The minimum atomic E-state index is -5.39. The third-order valence-corrected chi connectivity index (χ3v) is 3.28. The van der Waals surface area contributed by atoms with Crippen molar-refractivity contribution >= 4 is 34.5 Å². The first-order chi connectivity index (χ1) is 12.7. The average molecular weight is 410 g/mol. The topological polar surface area (TPSA) is 89.0 Å². The second-order valence-electron chi connectivity index (χ2n) is 5.15. The van der Waals surface area contributed by atoms with E-state index in [0.29, 0.717) is 6.42 Å². The van der Waals surface area contributed by atoms with Gasteiger partial charge in [0.15, 0.2) is 0 Å². The number of alkyl halides is 3. The maximum Gasteiger partial charge on any atom is 0.463 e. The highest BCUT2D eigenvalue weighted by Crippen LogP contribution is 2.33. The first-order valence-corrected chi connectivity index (χ1v) is 8.32. The van der Waals surface area contributed by atoms with E-state index in [-0.39, 0.29) is 23.9 Å². The molecular weight excluding hydrogens is 391 g/mol. The molecule has 1 aromatic carbocycles. The number of oxime groups is 1. The van der Waals surface area contributed by atoms with Crippen molar-refractivity contribution in [3.05, 3.63) is 30.3 Å². The van der Waals surface area contributed by atoms with Crippen molar-refractivity contribution in [3.63, 3.8) is 0 Å². The Hall–Kier alpha value is -2.49. The first kappa shape index (κ1) is 22.6. The molecule has 11 heteroatoms. The molecule has 0 bridgehead atoms. The number of hydrogen-bond acceptors (Lipinski definition) is 5. The standard InChI is InChI=1S/C16H19ClF3N3O4/c1-3-8-12(17)23-27-15(16(18,19)20,13(24)26-4-2)22-14(25)21-11-9-6-5-7-10-11/h5-7,9-10H,3-4,8H2,1-2H3,(H2,21,22,25)/b23-12-. The minimum absolute atomic E-state index is 0.120. The normalized spacial score (nSPS) is 14.1. The van der Waals surface area contributed by atoms with Crippen LogP contribution in [0.3, 0.4) is 0 Å². The Morgan fingerprint density at radius 3 is 2.33 bits per heavy atom. The average Bonchev–Trinajstić information content (AvgIpc) is 2.58. The zero-order valence-corrected chi connectivity index (χ0v) is 15.4. The quantitative estimate of drug-likeness (QED) is 0.294. The van der Waals surface area contributed by atoms with Gasteiger partial charge in [-0.3, -0.25) is 5.32 Å². The number of benzene rings is 1. The Bertz CT molecular complexity index is 671. The van der Waals surface area contributed by atoms with Crippen LogP contribution in [0.2, 0.25) is 0 Å². The van der Waals surface area contributed by atoms with Gasteiger partial charge in [0.2, 0.25) is 0 Å². The number of amides is 2. The molecule has 0 aromatic heterocycles. The maximum atomic E-state index is 13.7. The van der Waals surface area contributed by atoms with Crippen molar-refractivity contribution in [2.24, 2.45) is 5.16 Å². The minimum Gasteiger partial charge on any atom is -0.461 e. The summed E-state index contributed by atoms with van der Waals surface area (Å²) in [5, 5.41) is 6.45. The van der Waals surface area contributed by atoms with E-state index in [0.717, 1.165) is 0 Å². The van der Waals surface area contributed by atoms with Gasteiger partial charge < -0.3 is 14.9 Å². The number of ether oxygens (including phenoxy) is 1. The van der Waals surface area contributed by atoms with Crippen LogP contribution in [0.15, 0.2) is 35.5 Å². The van der Waals surface area contributed by atoms with Crippen LogP contribution >= 0.6 is 11.6 Å². The smallest absolute Gasteiger partial charge is 0.461 e. The maximum absolute atomic E-state index is 13.7. The molecule has 27 heavy (non-hydrogen) atoms. The zero-order chi connectivity index (χ0) is 20.5. The summed E-state index contributed by atoms with van der Waals surface area (Å²) in [7, 11) is 0. The third kappa shape index (κ3) is 6.31. The van der Waals surface area contributed by atoms with E-state index in [1.807, 2.05) is 0 Å². The molecule has 150 valence electrons. The van der Waals surface area contributed by atoms with Crippen molar-refractivity contribution in [2.45, 2.75) is 38.6 Å². The summed E-state index contributed by atoms with van der Waals surface area (Å²) in [6.45, 7) is 2.64. The molecule has 1 aromatic rings. The Kier molecular flexibility index (Phi) is 8.35. The lowest BCUT2D eigenvalue weighted by molar-refractivity contribution is -0.284. The summed E-state index contributed by atoms with van der Waals surface area (Å²) in [6.07, 6.45) is -4.79. The summed E-state index contributed by atoms with van der Waals surface area (Å²) >= 11 is 5.66. The number of hydrogen-bond donors (Lipinski definition) is 2. The molecule has 1 unspecified atom stereocenters. The van der Waals surface area contributed by atoms with Crippen LogP contribution in [-0.2, 0) is 14.4 Å². The van der Waals surface area contributed by atoms with Gasteiger partial charge in [-0.15, -0.1) is 0 Å². The highest BCUT2D eigenvalue weighted by molar-refractivity contribution is 6.65. The highest BCUT2D eigenvalue weighted by Gasteiger charge is 2.67. The fourth-order valence-electron chi connectivity index (χ4n) is 1.80. The molecule has 0 fully saturated rings. The number of rotatable bonds is 8. The number of urea groups is 1. The number of esters is 1. The molecule has 2 amide bonds. The van der Waals surface area contributed by atoms with Crippen LogP contribution in [0.25, 0.3) is 0 Å². The molecule has 0 saturated carbocycles. The molecule has 7 nitrogen and oxygen atoms in total. The van der Waals surface area contributed by atoms with Crippen molar-refractivity contribution in [1.29, 1.82) is 0 Å². The second-order valence-corrected chi connectivity index (χ2v) is 5.59. The van der Waals surface area contributed by atoms with Crippen molar-refractivity contribution in [1.82, 2.24) is 5.32 Å². The van der Waals surface area contributed by atoms with Gasteiger partial charge in [0.05, 0.1) is 6.61 Å². The zero-order valence-electron chi connectivity index (χ0n) is 14.6. The molecule has 0 aliphatic heterocycles. The van der Waals surface area contributed by atoms with Crippen LogP contribution in [0.1, 0.15) is 26.7 Å². The van der Waals surface area contributed by atoms with Crippen molar-refractivity contribution in [3.8, 4) is 0 Å². The fourth-order valence-corrected chi connectivity index (χ4v) is 2.02. The van der Waals surface area contributed by atoms with Crippen LogP contribution < -0.4 is 10.6 Å². The largest absolute Gasteiger partial charge is 0.463 e. The third-order valence-electron chi connectivity index (χ3n) is 3.02. The summed E-state index contributed by atoms with van der Waals surface area (Å²) < 4.78 is 45.5. The number of anilines is 1. The Morgan fingerprint density at radius 1 is 1.19 bits per heavy atom. The molecule has 1 rings (SSSR count). The van der Waals surface area contributed by atoms with E-state index in [1.54, 1.807) is 25.1 Å². The van der Waals surface area contributed by atoms with E-state index in [1.165, 1.54) is 24.4 Å². The Labute approximate surface area is 158 Å². The fraction of sp³-hybridized carbons (Fsp3) is 0.438. The van der Waals surface area contributed by atoms with Crippen LogP contribution in [0.5, 0.6) is 0 Å². The predicted molar refractivity (Wildman–Crippen MR) is 93.3 cm³/mol. The monoisotopic (exact) mass is 409 g/mol. The molecule has 0 spiro atoms. The van der Waals surface area contributed by atoms with Crippen LogP contribution in [-0.4, -0.2) is 35.7 Å². The van der Waals surface area contributed by atoms with E-state index in [9.17, 15) is 22.8 Å². The van der Waals surface area contributed by atoms with Gasteiger partial charge in [-0.2, -0.15) is 13.2 Å². The van der Waals surface area contributed by atoms with Gasteiger partial charge >= 0.3 is 23.9 Å².